The minimum Gasteiger partial charge on any atom is -0.477 e. The molecule has 1 aromatic rings. The molecule has 0 saturated carbocycles. The summed E-state index contributed by atoms with van der Waals surface area (Å²) >= 11 is 1.39. The summed E-state index contributed by atoms with van der Waals surface area (Å²) in [7, 11) is 0. The zero-order valence-electron chi connectivity index (χ0n) is 10.7. The van der Waals surface area contributed by atoms with Gasteiger partial charge >= 0.3 is 5.97 Å². The molecule has 0 bridgehead atoms. The second kappa shape index (κ2) is 4.79. The Labute approximate surface area is 120 Å². The van der Waals surface area contributed by atoms with Gasteiger partial charge in [-0.15, -0.1) is 0 Å². The highest BCUT2D eigenvalue weighted by Crippen LogP contribution is 2.47. The van der Waals surface area contributed by atoms with E-state index in [0.29, 0.717) is 12.0 Å². The molecule has 1 aromatic heterocycles. The molecular formula is C14H12N2O3S. The van der Waals surface area contributed by atoms with Gasteiger partial charge in [-0.1, -0.05) is 17.8 Å². The summed E-state index contributed by atoms with van der Waals surface area (Å²) in [6.45, 7) is 1.80. The summed E-state index contributed by atoms with van der Waals surface area (Å²) in [6, 6.07) is 3.54. The Hall–Kier alpha value is -2.08. The fraction of sp³-hybridized carbons (Fsp3) is 0.214. The highest BCUT2D eigenvalue weighted by atomic mass is 32.2. The van der Waals surface area contributed by atoms with Crippen molar-refractivity contribution in [3.05, 3.63) is 46.8 Å². The number of carboxylic acid groups (broad SMARTS) is 1. The van der Waals surface area contributed by atoms with E-state index < -0.39 is 5.97 Å². The maximum absolute atomic E-state index is 11.9. The van der Waals surface area contributed by atoms with Crippen LogP contribution in [0.1, 0.15) is 13.3 Å². The molecule has 2 aliphatic rings. The van der Waals surface area contributed by atoms with Crippen LogP contribution in [0.3, 0.4) is 0 Å². The molecule has 102 valence electrons. The minimum absolute atomic E-state index is 0.108. The fourth-order valence-corrected chi connectivity index (χ4v) is 3.60. The van der Waals surface area contributed by atoms with Crippen LogP contribution in [0.15, 0.2) is 51.7 Å². The van der Waals surface area contributed by atoms with Crippen LogP contribution in [-0.4, -0.2) is 32.9 Å². The number of hydrogen-bond donors (Lipinski definition) is 1. The molecule has 1 unspecified atom stereocenters. The Morgan fingerprint density at radius 2 is 2.20 bits per heavy atom. The lowest BCUT2D eigenvalue weighted by molar-refractivity contribution is -0.142. The van der Waals surface area contributed by atoms with E-state index in [1.54, 1.807) is 25.4 Å². The zero-order valence-corrected chi connectivity index (χ0v) is 11.6. The van der Waals surface area contributed by atoms with E-state index in [4.69, 9.17) is 0 Å². The predicted molar refractivity (Wildman–Crippen MR) is 73.8 cm³/mol. The molecule has 6 heteroatoms. The summed E-state index contributed by atoms with van der Waals surface area (Å²) in [5, 5.41) is 9.36. The highest BCUT2D eigenvalue weighted by molar-refractivity contribution is 8.03. The van der Waals surface area contributed by atoms with Crippen LogP contribution in [0.4, 0.5) is 0 Å². The maximum Gasteiger partial charge on any atom is 0.353 e. The Bertz CT molecular complexity index is 652. The van der Waals surface area contributed by atoms with E-state index in [1.807, 2.05) is 12.1 Å². The number of fused-ring (bicyclic) bond motifs is 1. The van der Waals surface area contributed by atoms with Gasteiger partial charge in [0.05, 0.1) is 6.04 Å². The average Bonchev–Trinajstić information content (AvgIpc) is 2.76. The lowest BCUT2D eigenvalue weighted by atomic mass is 9.94. The first-order chi connectivity index (χ1) is 9.63. The number of amides is 1. The van der Waals surface area contributed by atoms with Crippen LogP contribution in [0, 0.1) is 0 Å². The molecule has 20 heavy (non-hydrogen) atoms. The Balaban J connectivity index is 1.94. The van der Waals surface area contributed by atoms with Gasteiger partial charge in [-0.05, 0) is 19.1 Å². The quantitative estimate of drug-likeness (QED) is 0.680. The van der Waals surface area contributed by atoms with Gasteiger partial charge in [-0.3, -0.25) is 14.7 Å². The van der Waals surface area contributed by atoms with Gasteiger partial charge in [0, 0.05) is 34.2 Å². The molecule has 0 spiro atoms. The summed E-state index contributed by atoms with van der Waals surface area (Å²) < 4.78 is 0. The number of pyridine rings is 1. The first kappa shape index (κ1) is 12.9. The number of carbonyl (C=O) groups is 2. The van der Waals surface area contributed by atoms with Gasteiger partial charge in [-0.2, -0.15) is 0 Å². The molecule has 1 N–H and O–H groups in total. The number of thioether (sulfide) groups is 1. The van der Waals surface area contributed by atoms with Crippen molar-refractivity contribution in [2.24, 2.45) is 0 Å². The highest BCUT2D eigenvalue weighted by Gasteiger charge is 2.51. The molecule has 0 aliphatic carbocycles. The summed E-state index contributed by atoms with van der Waals surface area (Å²) in [5.41, 5.74) is 0.821. The molecule has 1 amide bonds. The normalized spacial score (nSPS) is 23.1. The number of carbonyl (C=O) groups excluding carboxylic acids is 1. The molecule has 1 fully saturated rings. The molecule has 5 nitrogen and oxygen atoms in total. The van der Waals surface area contributed by atoms with Crippen LogP contribution in [-0.2, 0) is 9.59 Å². The van der Waals surface area contributed by atoms with Crippen LogP contribution < -0.4 is 0 Å². The minimum atomic E-state index is -1.05. The number of β-lactam (4-membered cyclic amide) rings is 1. The summed E-state index contributed by atoms with van der Waals surface area (Å²) in [5.74, 6) is -1.24. The molecule has 0 radical (unpaired) electrons. The number of hydrogen-bond acceptors (Lipinski definition) is 4. The fourth-order valence-electron chi connectivity index (χ4n) is 2.54. The SMILES string of the molecule is CC=C1C(=O)N2C(C(=O)O)=C(Sc3ccncc3)CC12. The number of allylic oxidation sites excluding steroid dienone is 1. The van der Waals surface area contributed by atoms with Crippen molar-refractivity contribution in [2.75, 3.05) is 0 Å². The van der Waals surface area contributed by atoms with Gasteiger partial charge in [-0.25, -0.2) is 4.79 Å². The summed E-state index contributed by atoms with van der Waals surface area (Å²) in [4.78, 5) is 30.3. The van der Waals surface area contributed by atoms with E-state index in [1.165, 1.54) is 16.7 Å². The number of nitrogens with zero attached hydrogens (tertiary/aromatic N) is 2. The van der Waals surface area contributed by atoms with Gasteiger partial charge < -0.3 is 5.11 Å². The lowest BCUT2D eigenvalue weighted by Crippen LogP contribution is -2.52. The second-order valence-corrected chi connectivity index (χ2v) is 5.67. The maximum atomic E-state index is 11.9. The van der Waals surface area contributed by atoms with E-state index in [9.17, 15) is 14.7 Å². The number of aromatic nitrogens is 1. The van der Waals surface area contributed by atoms with E-state index in [-0.39, 0.29) is 17.6 Å². The molecule has 1 atom stereocenters. The van der Waals surface area contributed by atoms with E-state index in [0.717, 1.165) is 9.80 Å². The van der Waals surface area contributed by atoms with Crippen LogP contribution in [0.5, 0.6) is 0 Å². The van der Waals surface area contributed by atoms with Crippen molar-refractivity contribution < 1.29 is 14.7 Å². The number of rotatable bonds is 3. The number of carboxylic acids is 1. The average molecular weight is 288 g/mol. The van der Waals surface area contributed by atoms with Gasteiger partial charge in [0.2, 0.25) is 0 Å². The van der Waals surface area contributed by atoms with Gasteiger partial charge in [0.1, 0.15) is 5.70 Å². The van der Waals surface area contributed by atoms with Crippen molar-refractivity contribution in [3.8, 4) is 0 Å². The van der Waals surface area contributed by atoms with Crippen molar-refractivity contribution in [2.45, 2.75) is 24.3 Å². The third-order valence-electron chi connectivity index (χ3n) is 3.42. The van der Waals surface area contributed by atoms with Crippen LogP contribution in [0.2, 0.25) is 0 Å². The van der Waals surface area contributed by atoms with Crippen LogP contribution in [0.25, 0.3) is 0 Å². The third kappa shape index (κ3) is 1.84. The van der Waals surface area contributed by atoms with Crippen molar-refractivity contribution in [1.29, 1.82) is 0 Å². The molecular weight excluding hydrogens is 276 g/mol. The Morgan fingerprint density at radius 3 is 2.80 bits per heavy atom. The smallest absolute Gasteiger partial charge is 0.353 e. The molecule has 3 heterocycles. The topological polar surface area (TPSA) is 70.5 Å². The van der Waals surface area contributed by atoms with Crippen molar-refractivity contribution >= 4 is 23.6 Å². The molecule has 3 rings (SSSR count). The monoisotopic (exact) mass is 288 g/mol. The van der Waals surface area contributed by atoms with Gasteiger partial charge in [0.15, 0.2) is 0 Å². The molecule has 1 saturated heterocycles. The second-order valence-electron chi connectivity index (χ2n) is 4.50. The Morgan fingerprint density at radius 1 is 1.50 bits per heavy atom. The standard InChI is InChI=1S/C14H12N2O3S/c1-2-9-10-7-11(20-8-3-5-15-6-4-8)12(14(18)19)16(10)13(9)17/h2-6,10H,7H2,1H3,(H,18,19). The predicted octanol–water partition coefficient (Wildman–Crippen LogP) is 2.03. The first-order valence-corrected chi connectivity index (χ1v) is 6.99. The van der Waals surface area contributed by atoms with Crippen molar-refractivity contribution in [1.82, 2.24) is 9.88 Å². The zero-order chi connectivity index (χ0) is 14.3. The van der Waals surface area contributed by atoms with Crippen molar-refractivity contribution in [3.63, 3.8) is 0 Å². The Kier molecular flexibility index (Phi) is 3.10. The van der Waals surface area contributed by atoms with E-state index >= 15 is 0 Å². The largest absolute Gasteiger partial charge is 0.477 e. The lowest BCUT2D eigenvalue weighted by Gasteiger charge is -2.37. The first-order valence-electron chi connectivity index (χ1n) is 6.17. The molecule has 2 aliphatic heterocycles. The van der Waals surface area contributed by atoms with Gasteiger partial charge in [0.25, 0.3) is 5.91 Å². The number of aliphatic carboxylic acids is 1. The van der Waals surface area contributed by atoms with Crippen LogP contribution >= 0.6 is 11.8 Å². The molecule has 0 aromatic carbocycles. The third-order valence-corrected chi connectivity index (χ3v) is 4.54. The summed E-state index contributed by atoms with van der Waals surface area (Å²) in [6.07, 6.45) is 5.66. The van der Waals surface area contributed by atoms with E-state index in [2.05, 4.69) is 4.98 Å².